The summed E-state index contributed by atoms with van der Waals surface area (Å²) in [6.45, 7) is 8.05. The number of anilines is 1. The highest BCUT2D eigenvalue weighted by Gasteiger charge is 2.22. The molecule has 3 rings (SSSR count). The summed E-state index contributed by atoms with van der Waals surface area (Å²) < 4.78 is 31.6. The highest BCUT2D eigenvalue weighted by Crippen LogP contribution is 2.34. The maximum Gasteiger partial charge on any atom is 0.330 e. The first-order valence-corrected chi connectivity index (χ1v) is 11.3. The third-order valence-corrected chi connectivity index (χ3v) is 6.71. The molecule has 0 aliphatic heterocycles. The van der Waals surface area contributed by atoms with Crippen LogP contribution in [0.3, 0.4) is 0 Å². The van der Waals surface area contributed by atoms with Gasteiger partial charge in [-0.3, -0.25) is 18.7 Å². The summed E-state index contributed by atoms with van der Waals surface area (Å²) in [7, 11) is -1.04. The monoisotopic (exact) mass is 429 g/mol. The molecule has 0 atom stereocenters. The molecule has 0 amide bonds. The largest absolute Gasteiger partial charge is 0.330 e. The normalized spacial score (nSPS) is 12.1. The Hall–Kier alpha value is -2.87. The number of rotatable bonds is 5. The maximum absolute atomic E-state index is 13.3. The predicted octanol–water partition coefficient (Wildman–Crippen LogP) is 3.28. The zero-order valence-electron chi connectivity index (χ0n) is 18.1. The Morgan fingerprint density at radius 2 is 1.43 bits per heavy atom. The van der Waals surface area contributed by atoms with Crippen molar-refractivity contribution in [2.75, 3.05) is 4.72 Å². The smallest absolute Gasteiger partial charge is 0.296 e. The van der Waals surface area contributed by atoms with Crippen LogP contribution in [0.25, 0.3) is 10.9 Å². The minimum Gasteiger partial charge on any atom is -0.296 e. The Morgan fingerprint density at radius 1 is 0.867 bits per heavy atom. The van der Waals surface area contributed by atoms with Crippen molar-refractivity contribution in [1.82, 2.24) is 9.13 Å². The molecule has 2 aromatic carbocycles. The minimum atomic E-state index is -3.95. The van der Waals surface area contributed by atoms with E-state index in [-0.39, 0.29) is 22.1 Å². The van der Waals surface area contributed by atoms with E-state index < -0.39 is 21.3 Å². The summed E-state index contributed by atoms with van der Waals surface area (Å²) in [5.74, 6) is 0.250. The van der Waals surface area contributed by atoms with Crippen LogP contribution in [0.15, 0.2) is 50.9 Å². The van der Waals surface area contributed by atoms with E-state index >= 15 is 0 Å². The summed E-state index contributed by atoms with van der Waals surface area (Å²) >= 11 is 0. The molecule has 8 heteroatoms. The predicted molar refractivity (Wildman–Crippen MR) is 120 cm³/mol. The van der Waals surface area contributed by atoms with Crippen molar-refractivity contribution in [2.45, 2.75) is 44.4 Å². The standard InChI is InChI=1S/C22H27N3O4S/c1-13(2)16-8-7-9-17(14(3)4)20(16)23-30(28,29)15-10-11-19-18(12-15)21(26)25(6)22(27)24(19)5/h7-14,23H,1-6H3. The Labute approximate surface area is 176 Å². The molecule has 0 radical (unpaired) electrons. The van der Waals surface area contributed by atoms with Crippen LogP contribution in [0.1, 0.15) is 50.7 Å². The molecule has 1 aromatic heterocycles. The summed E-state index contributed by atoms with van der Waals surface area (Å²) in [6.07, 6.45) is 0. The second-order valence-electron chi connectivity index (χ2n) is 8.11. The van der Waals surface area contributed by atoms with Crippen molar-refractivity contribution in [1.29, 1.82) is 0 Å². The fourth-order valence-electron chi connectivity index (χ4n) is 3.60. The van der Waals surface area contributed by atoms with Crippen LogP contribution in [0.2, 0.25) is 0 Å². The van der Waals surface area contributed by atoms with E-state index in [2.05, 4.69) is 4.72 Å². The van der Waals surface area contributed by atoms with E-state index in [1.54, 1.807) is 7.05 Å². The van der Waals surface area contributed by atoms with Crippen LogP contribution in [0.4, 0.5) is 5.69 Å². The lowest BCUT2D eigenvalue weighted by Crippen LogP contribution is -2.37. The van der Waals surface area contributed by atoms with Gasteiger partial charge in [-0.25, -0.2) is 13.2 Å². The number of aromatic nitrogens is 2. The number of nitrogens with zero attached hydrogens (tertiary/aromatic N) is 2. The number of hydrogen-bond donors (Lipinski definition) is 1. The van der Waals surface area contributed by atoms with Gasteiger partial charge in [0.1, 0.15) is 0 Å². The van der Waals surface area contributed by atoms with Gasteiger partial charge < -0.3 is 0 Å². The number of fused-ring (bicyclic) bond motifs is 1. The molecule has 0 aliphatic carbocycles. The summed E-state index contributed by atoms with van der Waals surface area (Å²) in [4.78, 5) is 24.7. The fraction of sp³-hybridized carbons (Fsp3) is 0.364. The summed E-state index contributed by atoms with van der Waals surface area (Å²) in [5.41, 5.74) is 1.78. The number of hydrogen-bond acceptors (Lipinski definition) is 4. The average Bonchev–Trinajstić information content (AvgIpc) is 2.69. The fourth-order valence-corrected chi connectivity index (χ4v) is 4.75. The molecule has 0 spiro atoms. The molecule has 1 heterocycles. The van der Waals surface area contributed by atoms with Crippen LogP contribution >= 0.6 is 0 Å². The minimum absolute atomic E-state index is 0.0287. The Morgan fingerprint density at radius 3 is 1.97 bits per heavy atom. The van der Waals surface area contributed by atoms with Crippen LogP contribution in [0.5, 0.6) is 0 Å². The average molecular weight is 430 g/mol. The zero-order chi connectivity index (χ0) is 22.4. The zero-order valence-corrected chi connectivity index (χ0v) is 18.9. The van der Waals surface area contributed by atoms with Crippen molar-refractivity contribution in [3.63, 3.8) is 0 Å². The topological polar surface area (TPSA) is 90.2 Å². The van der Waals surface area contributed by atoms with Crippen LogP contribution in [0, 0.1) is 0 Å². The lowest BCUT2D eigenvalue weighted by Gasteiger charge is -2.21. The third kappa shape index (κ3) is 3.67. The number of nitrogens with one attached hydrogen (secondary N) is 1. The van der Waals surface area contributed by atoms with Gasteiger partial charge in [0.15, 0.2) is 0 Å². The lowest BCUT2D eigenvalue weighted by atomic mass is 9.93. The molecular formula is C22H27N3O4S. The first kappa shape index (κ1) is 21.8. The number of para-hydroxylation sites is 1. The van der Waals surface area contributed by atoms with Crippen LogP contribution in [-0.2, 0) is 24.1 Å². The lowest BCUT2D eigenvalue weighted by molar-refractivity contribution is 0.601. The second kappa shape index (κ2) is 7.75. The van der Waals surface area contributed by atoms with Gasteiger partial charge in [0.2, 0.25) is 0 Å². The second-order valence-corrected chi connectivity index (χ2v) is 9.79. The van der Waals surface area contributed by atoms with Gasteiger partial charge >= 0.3 is 5.69 Å². The SMILES string of the molecule is CC(C)c1cccc(C(C)C)c1NS(=O)(=O)c1ccc2c(c1)c(=O)n(C)c(=O)n2C. The van der Waals surface area contributed by atoms with E-state index in [1.807, 2.05) is 45.9 Å². The van der Waals surface area contributed by atoms with Crippen molar-refractivity contribution >= 4 is 26.6 Å². The van der Waals surface area contributed by atoms with E-state index in [9.17, 15) is 18.0 Å². The van der Waals surface area contributed by atoms with Crippen molar-refractivity contribution in [3.05, 3.63) is 68.4 Å². The van der Waals surface area contributed by atoms with E-state index in [1.165, 1.54) is 29.8 Å². The Balaban J connectivity index is 2.20. The molecule has 0 saturated heterocycles. The Kier molecular flexibility index (Phi) is 5.64. The summed E-state index contributed by atoms with van der Waals surface area (Å²) in [5, 5.41) is 0.170. The van der Waals surface area contributed by atoms with E-state index in [4.69, 9.17) is 0 Å². The molecule has 7 nitrogen and oxygen atoms in total. The van der Waals surface area contributed by atoms with Gasteiger partial charge in [0.25, 0.3) is 15.6 Å². The van der Waals surface area contributed by atoms with Crippen LogP contribution in [-0.4, -0.2) is 17.6 Å². The summed E-state index contributed by atoms with van der Waals surface area (Å²) in [6, 6.07) is 10.00. The van der Waals surface area contributed by atoms with Gasteiger partial charge in [-0.1, -0.05) is 45.9 Å². The maximum atomic E-state index is 13.3. The first-order valence-electron chi connectivity index (χ1n) is 9.81. The molecule has 30 heavy (non-hydrogen) atoms. The van der Waals surface area contributed by atoms with Gasteiger partial charge in [-0.15, -0.1) is 0 Å². The van der Waals surface area contributed by atoms with E-state index in [0.29, 0.717) is 11.2 Å². The molecule has 0 saturated carbocycles. The van der Waals surface area contributed by atoms with E-state index in [0.717, 1.165) is 15.7 Å². The molecule has 0 aliphatic rings. The molecule has 1 N–H and O–H groups in total. The Bertz CT molecular complexity index is 1320. The highest BCUT2D eigenvalue weighted by molar-refractivity contribution is 7.92. The van der Waals surface area contributed by atoms with Crippen molar-refractivity contribution < 1.29 is 8.42 Å². The van der Waals surface area contributed by atoms with Gasteiger partial charge in [0, 0.05) is 14.1 Å². The number of benzene rings is 2. The molecule has 0 unspecified atom stereocenters. The van der Waals surface area contributed by atoms with Gasteiger partial charge in [-0.2, -0.15) is 0 Å². The molecule has 3 aromatic rings. The van der Waals surface area contributed by atoms with Gasteiger partial charge in [0.05, 0.1) is 21.5 Å². The third-order valence-electron chi connectivity index (χ3n) is 5.36. The van der Waals surface area contributed by atoms with Crippen molar-refractivity contribution in [2.24, 2.45) is 14.1 Å². The van der Waals surface area contributed by atoms with Crippen LogP contribution < -0.4 is 16.0 Å². The molecular weight excluding hydrogens is 402 g/mol. The van der Waals surface area contributed by atoms with Crippen molar-refractivity contribution in [3.8, 4) is 0 Å². The first-order chi connectivity index (χ1) is 14.0. The highest BCUT2D eigenvalue weighted by atomic mass is 32.2. The number of sulfonamides is 1. The molecule has 0 bridgehead atoms. The van der Waals surface area contributed by atoms with Gasteiger partial charge in [-0.05, 0) is 41.2 Å². The molecule has 0 fully saturated rings. The molecule has 160 valence electrons. The quantitative estimate of drug-likeness (QED) is 0.674. The number of aryl methyl sites for hydroxylation is 1.